The minimum absolute atomic E-state index is 0.0156. The molecule has 128 valence electrons. The Morgan fingerprint density at radius 2 is 1.79 bits per heavy atom. The molecule has 1 N–H and O–H groups in total. The van der Waals surface area contributed by atoms with Crippen LogP contribution in [0.15, 0.2) is 24.3 Å². The first-order valence-electron chi connectivity index (χ1n) is 8.32. The van der Waals surface area contributed by atoms with Crippen LogP contribution in [0.1, 0.15) is 25.7 Å². The van der Waals surface area contributed by atoms with E-state index < -0.39 is 9.26 Å². The number of rotatable bonds is 3. The number of amides is 1. The van der Waals surface area contributed by atoms with Crippen molar-refractivity contribution in [2.75, 3.05) is 5.32 Å². The van der Waals surface area contributed by atoms with Gasteiger partial charge in [0.2, 0.25) is 5.91 Å². The summed E-state index contributed by atoms with van der Waals surface area (Å²) in [6.07, 6.45) is 3.94. The summed E-state index contributed by atoms with van der Waals surface area (Å²) in [6.45, 7) is 0. The van der Waals surface area contributed by atoms with E-state index in [1.807, 2.05) is 0 Å². The number of anilines is 1. The highest BCUT2D eigenvalue weighted by molar-refractivity contribution is 6.51. The molecule has 1 aromatic carbocycles. The van der Waals surface area contributed by atoms with Crippen molar-refractivity contribution in [1.82, 2.24) is 0 Å². The third-order valence-electron chi connectivity index (χ3n) is 5.95. The standard InChI is InChI=1S/C17H18Cl2N2O3/c18-17(19)13-6-4-11-12(5-7-14(13)17)15(11)16(22)20-9-2-1-3-10(8-9)21(23)24/h1-3,8,11-15H,4-7H2,(H,20,22)/t11-,12-,13-,14+,15?/m0/s1. The lowest BCUT2D eigenvalue weighted by molar-refractivity contribution is -0.384. The van der Waals surface area contributed by atoms with E-state index >= 15 is 0 Å². The number of hydrogen-bond acceptors (Lipinski definition) is 3. The summed E-state index contributed by atoms with van der Waals surface area (Å²) in [7, 11) is 0. The topological polar surface area (TPSA) is 72.2 Å². The molecule has 5 atom stereocenters. The van der Waals surface area contributed by atoms with Crippen molar-refractivity contribution in [2.24, 2.45) is 29.6 Å². The van der Waals surface area contributed by atoms with Gasteiger partial charge in [-0.2, -0.15) is 0 Å². The van der Waals surface area contributed by atoms with Gasteiger partial charge in [0.15, 0.2) is 0 Å². The molecular formula is C17H18Cl2N2O3. The zero-order valence-corrected chi connectivity index (χ0v) is 14.5. The molecule has 5 nitrogen and oxygen atoms in total. The summed E-state index contributed by atoms with van der Waals surface area (Å²) in [5.41, 5.74) is 0.465. The average molecular weight is 369 g/mol. The third kappa shape index (κ3) is 2.68. The van der Waals surface area contributed by atoms with Crippen LogP contribution in [0.3, 0.4) is 0 Å². The van der Waals surface area contributed by atoms with E-state index in [2.05, 4.69) is 5.32 Å². The molecule has 7 heteroatoms. The molecule has 3 fully saturated rings. The van der Waals surface area contributed by atoms with Crippen LogP contribution in [0, 0.1) is 39.7 Å². The Bertz CT molecular complexity index is 687. The predicted molar refractivity (Wildman–Crippen MR) is 92.1 cm³/mol. The summed E-state index contributed by atoms with van der Waals surface area (Å²) in [5, 5.41) is 13.7. The second-order valence-corrected chi connectivity index (χ2v) is 8.64. The molecule has 1 amide bonds. The van der Waals surface area contributed by atoms with Crippen LogP contribution >= 0.6 is 23.2 Å². The second-order valence-electron chi connectivity index (χ2n) is 7.19. The van der Waals surface area contributed by atoms with Gasteiger partial charge in [0, 0.05) is 23.7 Å². The Morgan fingerprint density at radius 3 is 2.38 bits per heavy atom. The molecule has 3 aliphatic carbocycles. The van der Waals surface area contributed by atoms with Gasteiger partial charge >= 0.3 is 0 Å². The number of fused-ring (bicyclic) bond motifs is 2. The maximum Gasteiger partial charge on any atom is 0.271 e. The summed E-state index contributed by atoms with van der Waals surface area (Å²) in [4.78, 5) is 22.9. The van der Waals surface area contributed by atoms with Crippen molar-refractivity contribution in [2.45, 2.75) is 30.0 Å². The van der Waals surface area contributed by atoms with Crippen LogP contribution in [0.5, 0.6) is 0 Å². The number of nitrogens with one attached hydrogen (secondary N) is 1. The van der Waals surface area contributed by atoms with Gasteiger partial charge in [0.1, 0.15) is 4.33 Å². The van der Waals surface area contributed by atoms with E-state index in [0.29, 0.717) is 29.4 Å². The SMILES string of the molecule is O=C(Nc1cccc([N+](=O)[O-])c1)C1[C@H]2CC[C@@H]3[C@H](CC[C@H]12)C3(Cl)Cl. The highest BCUT2D eigenvalue weighted by Crippen LogP contribution is 2.67. The molecule has 1 aromatic rings. The van der Waals surface area contributed by atoms with Crippen LogP contribution in [0.4, 0.5) is 11.4 Å². The van der Waals surface area contributed by atoms with Gasteiger partial charge in [-0.1, -0.05) is 6.07 Å². The van der Waals surface area contributed by atoms with E-state index in [1.54, 1.807) is 12.1 Å². The number of nitro benzene ring substituents is 1. The molecule has 24 heavy (non-hydrogen) atoms. The highest BCUT2D eigenvalue weighted by Gasteiger charge is 2.65. The smallest absolute Gasteiger partial charge is 0.271 e. The van der Waals surface area contributed by atoms with Gasteiger partial charge in [-0.15, -0.1) is 23.2 Å². The lowest BCUT2D eigenvalue weighted by Crippen LogP contribution is -2.15. The quantitative estimate of drug-likeness (QED) is 0.488. The second kappa shape index (κ2) is 5.60. The van der Waals surface area contributed by atoms with E-state index in [9.17, 15) is 14.9 Å². The van der Waals surface area contributed by atoms with E-state index in [0.717, 1.165) is 25.7 Å². The molecule has 0 bridgehead atoms. The Kier molecular flexibility index (Phi) is 3.77. The lowest BCUT2D eigenvalue weighted by atomic mass is 10.0. The number of nitrogens with zero attached hydrogens (tertiary/aromatic N) is 1. The maximum atomic E-state index is 12.5. The highest BCUT2D eigenvalue weighted by atomic mass is 35.5. The number of hydrogen-bond donors (Lipinski definition) is 1. The first-order valence-corrected chi connectivity index (χ1v) is 9.08. The molecule has 3 aliphatic rings. The van der Waals surface area contributed by atoms with Gasteiger partial charge in [0.25, 0.3) is 5.69 Å². The van der Waals surface area contributed by atoms with Crippen molar-refractivity contribution >= 4 is 40.5 Å². The number of halogens is 2. The Balaban J connectivity index is 1.39. The average Bonchev–Trinajstić information content (AvgIpc) is 3.32. The number of non-ortho nitro benzene ring substituents is 1. The fourth-order valence-electron chi connectivity index (χ4n) is 4.54. The molecule has 0 aliphatic heterocycles. The van der Waals surface area contributed by atoms with E-state index in [-0.39, 0.29) is 17.5 Å². The third-order valence-corrected chi connectivity index (χ3v) is 7.07. The first-order chi connectivity index (χ1) is 11.4. The Hall–Kier alpha value is -1.33. The van der Waals surface area contributed by atoms with Gasteiger partial charge in [-0.05, 0) is 55.4 Å². The van der Waals surface area contributed by atoms with Crippen LogP contribution < -0.4 is 5.32 Å². The summed E-state index contributed by atoms with van der Waals surface area (Å²) in [5.74, 6) is 1.54. The molecule has 0 radical (unpaired) electrons. The molecule has 0 heterocycles. The molecule has 0 spiro atoms. The first kappa shape index (κ1) is 16.2. The lowest BCUT2D eigenvalue weighted by Gasteiger charge is -2.05. The van der Waals surface area contributed by atoms with E-state index in [4.69, 9.17) is 23.2 Å². The zero-order valence-electron chi connectivity index (χ0n) is 13.0. The molecular weight excluding hydrogens is 351 g/mol. The monoisotopic (exact) mass is 368 g/mol. The largest absolute Gasteiger partial charge is 0.326 e. The molecule has 0 aromatic heterocycles. The summed E-state index contributed by atoms with van der Waals surface area (Å²) >= 11 is 12.6. The minimum Gasteiger partial charge on any atom is -0.326 e. The van der Waals surface area contributed by atoms with Crippen LogP contribution in [0.2, 0.25) is 0 Å². The minimum atomic E-state index is -0.544. The van der Waals surface area contributed by atoms with Crippen molar-refractivity contribution in [3.8, 4) is 0 Å². The molecule has 3 saturated carbocycles. The van der Waals surface area contributed by atoms with E-state index in [1.165, 1.54) is 12.1 Å². The van der Waals surface area contributed by atoms with Gasteiger partial charge in [-0.3, -0.25) is 14.9 Å². The van der Waals surface area contributed by atoms with Crippen molar-refractivity contribution in [3.63, 3.8) is 0 Å². The van der Waals surface area contributed by atoms with Gasteiger partial charge < -0.3 is 5.32 Å². The molecule has 4 rings (SSSR count). The number of alkyl halides is 2. The number of carbonyl (C=O) groups is 1. The Morgan fingerprint density at radius 1 is 1.17 bits per heavy atom. The van der Waals surface area contributed by atoms with Crippen LogP contribution in [-0.4, -0.2) is 15.2 Å². The number of benzene rings is 1. The van der Waals surface area contributed by atoms with Crippen molar-refractivity contribution < 1.29 is 9.72 Å². The van der Waals surface area contributed by atoms with Gasteiger partial charge in [-0.25, -0.2) is 0 Å². The van der Waals surface area contributed by atoms with Crippen LogP contribution in [0.25, 0.3) is 0 Å². The summed E-state index contributed by atoms with van der Waals surface area (Å²) in [6, 6.07) is 6.07. The normalized spacial score (nSPS) is 35.7. The van der Waals surface area contributed by atoms with Gasteiger partial charge in [0.05, 0.1) is 4.92 Å². The fourth-order valence-corrected chi connectivity index (χ4v) is 5.45. The van der Waals surface area contributed by atoms with Crippen molar-refractivity contribution in [1.29, 1.82) is 0 Å². The predicted octanol–water partition coefficient (Wildman–Crippen LogP) is 4.39. The Labute approximate surface area is 149 Å². The van der Waals surface area contributed by atoms with Crippen molar-refractivity contribution in [3.05, 3.63) is 34.4 Å². The molecule has 0 saturated heterocycles. The maximum absolute atomic E-state index is 12.5. The fraction of sp³-hybridized carbons (Fsp3) is 0.588. The number of nitro groups is 1. The van der Waals surface area contributed by atoms with Crippen LogP contribution in [-0.2, 0) is 4.79 Å². The number of carbonyl (C=O) groups excluding carboxylic acids is 1. The zero-order chi connectivity index (χ0) is 17.1. The molecule has 1 unspecified atom stereocenters. The summed E-state index contributed by atoms with van der Waals surface area (Å²) < 4.78 is -0.544.